The highest BCUT2D eigenvalue weighted by molar-refractivity contribution is 6.24. The number of phenolic OH excluding ortho intramolecular Hbond substituents is 1. The van der Waals surface area contributed by atoms with E-state index >= 15 is 0 Å². The van der Waals surface area contributed by atoms with Crippen molar-refractivity contribution in [3.63, 3.8) is 0 Å². The lowest BCUT2D eigenvalue weighted by Gasteiger charge is -2.50. The fourth-order valence-electron chi connectivity index (χ4n) is 7.86. The number of amides is 1. The number of fused-ring (bicyclic) bond motifs is 3. The fraction of sp³-hybridized carbons (Fsp3) is 0.581. The number of anilines is 1. The van der Waals surface area contributed by atoms with E-state index in [0.29, 0.717) is 18.0 Å². The summed E-state index contributed by atoms with van der Waals surface area (Å²) < 4.78 is 0. The number of carbonyl (C=O) groups excluding carboxylic acids is 3. The Morgan fingerprint density at radius 2 is 1.76 bits per heavy atom. The van der Waals surface area contributed by atoms with Crippen molar-refractivity contribution < 1.29 is 34.8 Å². The van der Waals surface area contributed by atoms with E-state index in [4.69, 9.17) is 5.73 Å². The number of nitrogens with one attached hydrogen (secondary N) is 1. The van der Waals surface area contributed by atoms with Crippen LogP contribution in [-0.4, -0.2) is 89.2 Å². The lowest BCUT2D eigenvalue weighted by molar-refractivity contribution is -0.153. The Kier molecular flexibility index (Phi) is 7.88. The number of carbonyl (C=O) groups is 3. The van der Waals surface area contributed by atoms with Crippen LogP contribution in [0.3, 0.4) is 0 Å². The van der Waals surface area contributed by atoms with Crippen LogP contribution in [0.2, 0.25) is 0 Å². The Morgan fingerprint density at radius 1 is 1.10 bits per heavy atom. The van der Waals surface area contributed by atoms with Crippen molar-refractivity contribution in [3.05, 3.63) is 39.7 Å². The van der Waals surface area contributed by atoms with E-state index in [-0.39, 0.29) is 29.7 Å². The number of ketones is 2. The first-order valence-corrected chi connectivity index (χ1v) is 14.7. The highest BCUT2D eigenvalue weighted by atomic mass is 16.3. The molecule has 1 aromatic carbocycles. The highest BCUT2D eigenvalue weighted by Gasteiger charge is 2.64. The van der Waals surface area contributed by atoms with E-state index in [1.165, 1.54) is 37.0 Å². The standard InChI is InChI=1S/C31H42N4O7/c1-34(2)24-17(14-33-13-15-8-6-5-7-9-15)12-20(36)22-18(24)10-16-11-19-25(35(3)4)27(38)23(30(32)41)29(40)31(19,42)28(39)21(16)26(22)37/h12,15-16,19,25,33,36-37,40,42H,5-11,13-14H2,1-4H3,(H2,32,41)/t16-,19-,25-,31-/m0/s1. The van der Waals surface area contributed by atoms with Crippen LogP contribution >= 0.6 is 0 Å². The first-order chi connectivity index (χ1) is 19.8. The second-order valence-corrected chi connectivity index (χ2v) is 12.7. The molecular weight excluding hydrogens is 540 g/mol. The van der Waals surface area contributed by atoms with Crippen LogP contribution in [0.1, 0.15) is 55.2 Å². The van der Waals surface area contributed by atoms with Crippen LogP contribution in [0.15, 0.2) is 23.0 Å². The maximum atomic E-state index is 14.0. The Labute approximate surface area is 245 Å². The molecule has 11 nitrogen and oxygen atoms in total. The monoisotopic (exact) mass is 582 g/mol. The molecule has 0 radical (unpaired) electrons. The Hall–Kier alpha value is -3.41. The predicted molar refractivity (Wildman–Crippen MR) is 157 cm³/mol. The smallest absolute Gasteiger partial charge is 0.255 e. The van der Waals surface area contributed by atoms with Gasteiger partial charge in [-0.25, -0.2) is 0 Å². The minimum Gasteiger partial charge on any atom is -0.508 e. The van der Waals surface area contributed by atoms with Crippen LogP contribution in [-0.2, 0) is 27.3 Å². The van der Waals surface area contributed by atoms with Gasteiger partial charge in [0.1, 0.15) is 22.8 Å². The van der Waals surface area contributed by atoms with Gasteiger partial charge in [-0.15, -0.1) is 0 Å². The van der Waals surface area contributed by atoms with Crippen LogP contribution in [0.4, 0.5) is 5.69 Å². The SMILES string of the molecule is CN(C)c1c(CNCC2CCCCC2)cc(O)c2c1C[C@H]1C[C@H]3[C@H](N(C)C)C(=O)C(C(N)=O)=C(O)[C@@]3(O)C(=O)C1=C2O. The molecule has 1 aromatic rings. The summed E-state index contributed by atoms with van der Waals surface area (Å²) >= 11 is 0. The van der Waals surface area contributed by atoms with E-state index in [9.17, 15) is 34.8 Å². The number of primary amides is 1. The molecule has 42 heavy (non-hydrogen) atoms. The zero-order chi connectivity index (χ0) is 30.7. The first kappa shape index (κ1) is 30.1. The zero-order valence-electron chi connectivity index (χ0n) is 24.7. The van der Waals surface area contributed by atoms with Crippen LogP contribution in [0.5, 0.6) is 5.75 Å². The lowest BCUT2D eigenvalue weighted by Crippen LogP contribution is -2.65. The van der Waals surface area contributed by atoms with Gasteiger partial charge in [0.05, 0.1) is 11.6 Å². The van der Waals surface area contributed by atoms with Crippen LogP contribution < -0.4 is 16.0 Å². The maximum Gasteiger partial charge on any atom is 0.255 e. The minimum atomic E-state index is -2.65. The van der Waals surface area contributed by atoms with Crippen LogP contribution in [0.25, 0.3) is 5.76 Å². The van der Waals surface area contributed by atoms with E-state index in [1.54, 1.807) is 20.2 Å². The molecule has 0 saturated heterocycles. The number of benzene rings is 1. The van der Waals surface area contributed by atoms with Crippen molar-refractivity contribution >= 4 is 28.9 Å². The molecule has 0 spiro atoms. The Balaban J connectivity index is 1.59. The molecule has 0 heterocycles. The molecule has 0 aromatic heterocycles. The molecule has 2 fully saturated rings. The molecular formula is C31H42N4O7. The molecule has 11 heteroatoms. The second kappa shape index (κ2) is 11.0. The van der Waals surface area contributed by atoms with Crippen molar-refractivity contribution in [2.24, 2.45) is 23.5 Å². The molecule has 4 aliphatic carbocycles. The second-order valence-electron chi connectivity index (χ2n) is 12.7. The number of aliphatic hydroxyl groups is 3. The number of nitrogens with zero attached hydrogens (tertiary/aromatic N) is 2. The summed E-state index contributed by atoms with van der Waals surface area (Å²) in [4.78, 5) is 42.9. The molecule has 5 rings (SSSR count). The van der Waals surface area contributed by atoms with Gasteiger partial charge in [-0.05, 0) is 75.4 Å². The summed E-state index contributed by atoms with van der Waals surface area (Å²) in [6.07, 6.45) is 6.50. The maximum absolute atomic E-state index is 14.0. The molecule has 0 bridgehead atoms. The van der Waals surface area contributed by atoms with Gasteiger partial charge < -0.3 is 36.4 Å². The average molecular weight is 583 g/mol. The lowest BCUT2D eigenvalue weighted by atomic mass is 9.57. The number of hydrogen-bond donors (Lipinski definition) is 6. The number of phenols is 1. The molecule has 0 unspecified atom stereocenters. The van der Waals surface area contributed by atoms with Gasteiger partial charge in [-0.1, -0.05) is 19.3 Å². The molecule has 4 atom stereocenters. The number of aliphatic hydroxyl groups excluding tert-OH is 2. The Bertz CT molecular complexity index is 1390. The van der Waals surface area contributed by atoms with Crippen molar-refractivity contribution in [1.29, 1.82) is 0 Å². The van der Waals surface area contributed by atoms with Crippen molar-refractivity contribution in [1.82, 2.24) is 10.2 Å². The summed E-state index contributed by atoms with van der Waals surface area (Å²) in [5.41, 5.74) is 4.22. The summed E-state index contributed by atoms with van der Waals surface area (Å²) in [7, 11) is 6.94. The van der Waals surface area contributed by atoms with Crippen molar-refractivity contribution in [2.75, 3.05) is 39.6 Å². The number of Topliss-reactive ketones (excluding diaryl/α,β-unsaturated/α-hetero) is 2. The number of aromatic hydroxyl groups is 1. The largest absolute Gasteiger partial charge is 0.508 e. The van der Waals surface area contributed by atoms with E-state index in [1.807, 2.05) is 19.0 Å². The third kappa shape index (κ3) is 4.58. The third-order valence-electron chi connectivity index (χ3n) is 9.69. The molecule has 228 valence electrons. The highest BCUT2D eigenvalue weighted by Crippen LogP contribution is 2.54. The number of likely N-dealkylation sites (N-methyl/N-ethyl adjacent to an activating group) is 1. The van der Waals surface area contributed by atoms with Crippen LogP contribution in [0, 0.1) is 17.8 Å². The number of hydrogen-bond acceptors (Lipinski definition) is 10. The minimum absolute atomic E-state index is 0.0591. The van der Waals surface area contributed by atoms with Gasteiger partial charge in [-0.3, -0.25) is 19.3 Å². The quantitative estimate of drug-likeness (QED) is 0.259. The summed E-state index contributed by atoms with van der Waals surface area (Å²) in [5, 5.41) is 49.0. The zero-order valence-corrected chi connectivity index (χ0v) is 24.7. The van der Waals surface area contributed by atoms with Gasteiger partial charge in [0.25, 0.3) is 5.91 Å². The first-order valence-electron chi connectivity index (χ1n) is 14.7. The third-order valence-corrected chi connectivity index (χ3v) is 9.69. The number of nitrogens with two attached hydrogens (primary N) is 1. The molecule has 0 aliphatic heterocycles. The topological polar surface area (TPSA) is 177 Å². The van der Waals surface area contributed by atoms with Gasteiger partial charge in [0.2, 0.25) is 5.78 Å². The molecule has 4 aliphatic rings. The Morgan fingerprint density at radius 3 is 2.36 bits per heavy atom. The predicted octanol–water partition coefficient (Wildman–Crippen LogP) is 1.70. The van der Waals surface area contributed by atoms with E-state index in [0.717, 1.165) is 17.8 Å². The normalized spacial score (nSPS) is 28.1. The number of rotatable bonds is 7. The van der Waals surface area contributed by atoms with Crippen molar-refractivity contribution in [2.45, 2.75) is 63.1 Å². The summed E-state index contributed by atoms with van der Waals surface area (Å²) in [6.45, 7) is 1.39. The fourth-order valence-corrected chi connectivity index (χ4v) is 7.86. The summed E-state index contributed by atoms with van der Waals surface area (Å²) in [6, 6.07) is 0.480. The molecule has 7 N–H and O–H groups in total. The van der Waals surface area contributed by atoms with Gasteiger partial charge in [0.15, 0.2) is 11.4 Å². The summed E-state index contributed by atoms with van der Waals surface area (Å²) in [5.74, 6) is -5.88. The molecule has 1 amide bonds. The van der Waals surface area contributed by atoms with Gasteiger partial charge >= 0.3 is 0 Å². The van der Waals surface area contributed by atoms with E-state index < -0.39 is 58.0 Å². The van der Waals surface area contributed by atoms with Gasteiger partial charge in [-0.2, -0.15) is 0 Å². The van der Waals surface area contributed by atoms with Gasteiger partial charge in [0, 0.05) is 37.8 Å². The van der Waals surface area contributed by atoms with E-state index in [2.05, 4.69) is 5.32 Å². The van der Waals surface area contributed by atoms with Crippen molar-refractivity contribution in [3.8, 4) is 5.75 Å². The molecule has 2 saturated carbocycles. The average Bonchev–Trinajstić information content (AvgIpc) is 2.90.